The molecule has 0 amide bonds. The number of rotatable bonds is 7. The van der Waals surface area contributed by atoms with E-state index in [-0.39, 0.29) is 0 Å². The average molecular weight is 227 g/mol. The van der Waals surface area contributed by atoms with Crippen LogP contribution in [0.4, 0.5) is 0 Å². The van der Waals surface area contributed by atoms with Gasteiger partial charge in [-0.05, 0) is 44.6 Å². The first kappa shape index (κ1) is 14.0. The predicted octanol–water partition coefficient (Wildman–Crippen LogP) is 3.36. The van der Waals surface area contributed by atoms with Crippen LogP contribution in [0.5, 0.6) is 0 Å². The molecule has 1 unspecified atom stereocenters. The third-order valence-electron chi connectivity index (χ3n) is 3.56. The zero-order chi connectivity index (χ0) is 11.8. The summed E-state index contributed by atoms with van der Waals surface area (Å²) in [7, 11) is 0. The molecule has 1 rings (SSSR count). The summed E-state index contributed by atoms with van der Waals surface area (Å²) in [5.41, 5.74) is 0. The molecule has 1 aliphatic rings. The minimum absolute atomic E-state index is 0.536. The Bertz CT molecular complexity index is 164. The lowest BCUT2D eigenvalue weighted by Crippen LogP contribution is -2.35. The van der Waals surface area contributed by atoms with E-state index in [0.717, 1.165) is 25.1 Å². The van der Waals surface area contributed by atoms with Crippen LogP contribution in [0.1, 0.15) is 59.3 Å². The Labute approximate surface area is 101 Å². The van der Waals surface area contributed by atoms with E-state index < -0.39 is 0 Å². The number of hydrogen-bond donors (Lipinski definition) is 1. The first-order chi connectivity index (χ1) is 7.76. The average Bonchev–Trinajstić information content (AvgIpc) is 2.29. The van der Waals surface area contributed by atoms with Gasteiger partial charge in [0.2, 0.25) is 0 Å². The highest BCUT2D eigenvalue weighted by Crippen LogP contribution is 2.22. The van der Waals surface area contributed by atoms with Gasteiger partial charge in [-0.1, -0.05) is 27.2 Å². The summed E-state index contributed by atoms with van der Waals surface area (Å²) < 4.78 is 6.00. The maximum atomic E-state index is 6.00. The van der Waals surface area contributed by atoms with E-state index in [9.17, 15) is 0 Å². The molecule has 0 aliphatic heterocycles. The molecule has 0 spiro atoms. The van der Waals surface area contributed by atoms with Crippen LogP contribution in [0.15, 0.2) is 0 Å². The fraction of sp³-hybridized carbons (Fsp3) is 1.00. The molecule has 0 bridgehead atoms. The lowest BCUT2D eigenvalue weighted by atomic mass is 9.93. The molecule has 0 saturated heterocycles. The van der Waals surface area contributed by atoms with E-state index in [1.54, 1.807) is 0 Å². The normalized spacial score (nSPS) is 27.9. The van der Waals surface area contributed by atoms with Gasteiger partial charge in [-0.2, -0.15) is 0 Å². The molecule has 0 aromatic heterocycles. The summed E-state index contributed by atoms with van der Waals surface area (Å²) >= 11 is 0. The highest BCUT2D eigenvalue weighted by Gasteiger charge is 2.21. The monoisotopic (exact) mass is 227 g/mol. The van der Waals surface area contributed by atoms with E-state index in [2.05, 4.69) is 26.1 Å². The van der Waals surface area contributed by atoms with Crippen molar-refractivity contribution in [3.05, 3.63) is 0 Å². The van der Waals surface area contributed by atoms with Crippen molar-refractivity contribution in [3.8, 4) is 0 Å². The molecule has 1 aliphatic carbocycles. The third kappa shape index (κ3) is 5.31. The predicted molar refractivity (Wildman–Crippen MR) is 69.7 cm³/mol. The van der Waals surface area contributed by atoms with E-state index in [1.807, 2.05) is 0 Å². The largest absolute Gasteiger partial charge is 0.378 e. The van der Waals surface area contributed by atoms with Crippen LogP contribution in [-0.4, -0.2) is 25.3 Å². The standard InChI is InChI=1S/C14H29NO/c1-4-6-12(3)11-16-14-9-7-13(8-10-14)15-5-2/h12-15H,4-11H2,1-3H3. The molecule has 16 heavy (non-hydrogen) atoms. The Morgan fingerprint density at radius 3 is 2.44 bits per heavy atom. The molecule has 1 atom stereocenters. The lowest BCUT2D eigenvalue weighted by molar-refractivity contribution is 0.00457. The molecule has 2 nitrogen and oxygen atoms in total. The highest BCUT2D eigenvalue weighted by atomic mass is 16.5. The van der Waals surface area contributed by atoms with Crippen molar-refractivity contribution >= 4 is 0 Å². The topological polar surface area (TPSA) is 21.3 Å². The Hall–Kier alpha value is -0.0800. The van der Waals surface area contributed by atoms with Gasteiger partial charge in [0.1, 0.15) is 0 Å². The molecule has 0 aromatic carbocycles. The van der Waals surface area contributed by atoms with Crippen LogP contribution in [0, 0.1) is 5.92 Å². The molecule has 96 valence electrons. The van der Waals surface area contributed by atoms with Crippen molar-refractivity contribution in [2.75, 3.05) is 13.2 Å². The van der Waals surface area contributed by atoms with Gasteiger partial charge in [0.05, 0.1) is 6.10 Å². The van der Waals surface area contributed by atoms with Crippen LogP contribution in [0.3, 0.4) is 0 Å². The third-order valence-corrected chi connectivity index (χ3v) is 3.56. The van der Waals surface area contributed by atoms with Gasteiger partial charge in [0, 0.05) is 12.6 Å². The van der Waals surface area contributed by atoms with Crippen molar-refractivity contribution in [2.24, 2.45) is 5.92 Å². The van der Waals surface area contributed by atoms with E-state index in [1.165, 1.54) is 38.5 Å². The molecule has 0 aromatic rings. The summed E-state index contributed by atoms with van der Waals surface area (Å²) in [6.45, 7) is 8.80. The minimum atomic E-state index is 0.536. The summed E-state index contributed by atoms with van der Waals surface area (Å²) in [5, 5.41) is 3.53. The Morgan fingerprint density at radius 2 is 1.88 bits per heavy atom. The summed E-state index contributed by atoms with van der Waals surface area (Å²) in [4.78, 5) is 0. The molecule has 0 heterocycles. The van der Waals surface area contributed by atoms with Gasteiger partial charge < -0.3 is 10.1 Å². The number of hydrogen-bond acceptors (Lipinski definition) is 2. The molecule has 1 fully saturated rings. The van der Waals surface area contributed by atoms with Crippen molar-refractivity contribution in [2.45, 2.75) is 71.4 Å². The van der Waals surface area contributed by atoms with Crippen LogP contribution >= 0.6 is 0 Å². The van der Waals surface area contributed by atoms with E-state index in [0.29, 0.717) is 6.10 Å². The van der Waals surface area contributed by atoms with Gasteiger partial charge in [0.25, 0.3) is 0 Å². The molecular weight excluding hydrogens is 198 g/mol. The van der Waals surface area contributed by atoms with Gasteiger partial charge in [-0.15, -0.1) is 0 Å². The Kier molecular flexibility index (Phi) is 7.06. The lowest BCUT2D eigenvalue weighted by Gasteiger charge is -2.29. The SMILES string of the molecule is CCCC(C)COC1CCC(NCC)CC1. The van der Waals surface area contributed by atoms with Crippen LogP contribution in [0.25, 0.3) is 0 Å². The highest BCUT2D eigenvalue weighted by molar-refractivity contribution is 4.77. The second-order valence-electron chi connectivity index (χ2n) is 5.26. The fourth-order valence-corrected chi connectivity index (χ4v) is 2.60. The number of ether oxygens (including phenoxy) is 1. The summed E-state index contributed by atoms with van der Waals surface area (Å²) in [6.07, 6.45) is 8.19. The maximum Gasteiger partial charge on any atom is 0.0576 e. The van der Waals surface area contributed by atoms with Gasteiger partial charge in [0.15, 0.2) is 0 Å². The zero-order valence-corrected chi connectivity index (χ0v) is 11.3. The molecular formula is C14H29NO. The van der Waals surface area contributed by atoms with Crippen LogP contribution < -0.4 is 5.32 Å². The summed E-state index contributed by atoms with van der Waals surface area (Å²) in [6, 6.07) is 0.748. The second-order valence-corrected chi connectivity index (χ2v) is 5.26. The van der Waals surface area contributed by atoms with E-state index in [4.69, 9.17) is 4.74 Å². The first-order valence-corrected chi connectivity index (χ1v) is 7.11. The molecule has 1 saturated carbocycles. The maximum absolute atomic E-state index is 6.00. The zero-order valence-electron chi connectivity index (χ0n) is 11.3. The molecule has 1 N–H and O–H groups in total. The van der Waals surface area contributed by atoms with Crippen molar-refractivity contribution < 1.29 is 4.74 Å². The second kappa shape index (κ2) is 8.08. The smallest absolute Gasteiger partial charge is 0.0576 e. The quantitative estimate of drug-likeness (QED) is 0.720. The van der Waals surface area contributed by atoms with E-state index >= 15 is 0 Å². The minimum Gasteiger partial charge on any atom is -0.378 e. The molecule has 0 radical (unpaired) electrons. The van der Waals surface area contributed by atoms with Crippen molar-refractivity contribution in [1.82, 2.24) is 5.32 Å². The van der Waals surface area contributed by atoms with Gasteiger partial charge in [-0.25, -0.2) is 0 Å². The summed E-state index contributed by atoms with van der Waals surface area (Å²) in [5.74, 6) is 0.733. The Balaban J connectivity index is 2.07. The number of nitrogens with one attached hydrogen (secondary N) is 1. The fourth-order valence-electron chi connectivity index (χ4n) is 2.60. The molecule has 2 heteroatoms. The van der Waals surface area contributed by atoms with Gasteiger partial charge in [-0.3, -0.25) is 0 Å². The first-order valence-electron chi connectivity index (χ1n) is 7.11. The van der Waals surface area contributed by atoms with Crippen LogP contribution in [-0.2, 0) is 4.74 Å². The van der Waals surface area contributed by atoms with Crippen LogP contribution in [0.2, 0.25) is 0 Å². The van der Waals surface area contributed by atoms with Crippen molar-refractivity contribution in [3.63, 3.8) is 0 Å². The Morgan fingerprint density at radius 1 is 1.19 bits per heavy atom. The van der Waals surface area contributed by atoms with Crippen molar-refractivity contribution in [1.29, 1.82) is 0 Å². The van der Waals surface area contributed by atoms with Gasteiger partial charge >= 0.3 is 0 Å².